The fourth-order valence-corrected chi connectivity index (χ4v) is 10.9. The van der Waals surface area contributed by atoms with Crippen LogP contribution < -0.4 is 25.6 Å². The summed E-state index contributed by atoms with van der Waals surface area (Å²) in [6.45, 7) is 10.0. The third-order valence-electron chi connectivity index (χ3n) is 8.30. The monoisotopic (exact) mass is 906 g/mol. The summed E-state index contributed by atoms with van der Waals surface area (Å²) in [5.74, 6) is -47.7. The minimum absolute atomic E-state index is 0.0345. The van der Waals surface area contributed by atoms with E-state index in [1.807, 2.05) is 0 Å². The van der Waals surface area contributed by atoms with Crippen molar-refractivity contribution in [1.29, 1.82) is 0 Å². The van der Waals surface area contributed by atoms with Crippen LogP contribution in [0.2, 0.25) is 0 Å². The van der Waals surface area contributed by atoms with Crippen molar-refractivity contribution in [3.63, 3.8) is 0 Å². The van der Waals surface area contributed by atoms with Crippen LogP contribution in [0.25, 0.3) is 0 Å². The number of hydrogen-bond donors (Lipinski definition) is 0. The van der Waals surface area contributed by atoms with Gasteiger partial charge in [-0.15, -0.1) is 0 Å². The molecule has 0 fully saturated rings. The summed E-state index contributed by atoms with van der Waals surface area (Å²) in [5, 5.41) is 0.0345. The summed E-state index contributed by atoms with van der Waals surface area (Å²) in [4.78, 5) is 4.50. The van der Waals surface area contributed by atoms with Crippen molar-refractivity contribution in [2.24, 2.45) is 16.8 Å². The summed E-state index contributed by atoms with van der Waals surface area (Å²) >= 11 is -5.40. The van der Waals surface area contributed by atoms with E-state index < -0.39 is 143 Å². The first kappa shape index (κ1) is 46.5. The van der Waals surface area contributed by atoms with Gasteiger partial charge in [0, 0.05) is 0 Å². The van der Waals surface area contributed by atoms with Crippen LogP contribution in [0.5, 0.6) is 0 Å². The molecule has 0 saturated heterocycles. The van der Waals surface area contributed by atoms with E-state index in [9.17, 15) is 13.2 Å². The Labute approximate surface area is 327 Å². The van der Waals surface area contributed by atoms with Gasteiger partial charge in [-0.2, -0.15) is 0 Å². The number of benzene rings is 3. The Hall–Kier alpha value is -4.17. The summed E-state index contributed by atoms with van der Waals surface area (Å²) in [6.07, 6.45) is -6.35. The van der Waals surface area contributed by atoms with Gasteiger partial charge in [-0.05, 0) is 0 Å². The molecule has 21 heteroatoms. The molecule has 0 aliphatic rings. The Morgan fingerprint density at radius 1 is 0.534 bits per heavy atom. The second kappa shape index (κ2) is 17.6. The molecule has 0 heterocycles. The molecule has 315 valence electrons. The molecule has 0 amide bonds. The average molecular weight is 905 g/mol. The van der Waals surface area contributed by atoms with Crippen LogP contribution in [0.4, 0.5) is 71.5 Å². The summed E-state index contributed by atoms with van der Waals surface area (Å²) in [7, 11) is 0. The van der Waals surface area contributed by atoms with E-state index >= 15 is 52.7 Å². The zero-order valence-corrected chi connectivity index (χ0v) is 33.5. The van der Waals surface area contributed by atoms with Crippen LogP contribution in [0, 0.1) is 99.1 Å². The Kier molecular flexibility index (Phi) is 14.1. The molecular weight excluding hydrogens is 873 g/mol. The van der Waals surface area contributed by atoms with Crippen LogP contribution in [-0.4, -0.2) is 40.3 Å². The molecule has 4 aromatic rings. The van der Waals surface area contributed by atoms with Gasteiger partial charge in [0.05, 0.1) is 0 Å². The van der Waals surface area contributed by atoms with Crippen molar-refractivity contribution in [2.45, 2.75) is 54.1 Å². The molecule has 0 unspecified atom stereocenters. The molecule has 0 atom stereocenters. The Balaban J connectivity index is 2.47. The van der Waals surface area contributed by atoms with Gasteiger partial charge in [-0.3, -0.25) is 0 Å². The van der Waals surface area contributed by atoms with Gasteiger partial charge in [0.2, 0.25) is 0 Å². The molecule has 0 spiro atoms. The maximum atomic E-state index is 16.3. The molecule has 58 heavy (non-hydrogen) atoms. The number of anilines is 1. The molecule has 4 aromatic carbocycles. The SMILES string of the molecule is CC(C)CN=c1cccccc1[N](CC(C)C)[Ge]([O][B-](c1c(F)c(F)c(F)c(F)c1F)(c1c(F)c(F)c(F)c(F)c1F)c1c(F)c(F)c(F)c(F)c1F)[O]C(C)(C)C. The number of hydrogen-bond acceptors (Lipinski definition) is 4. The summed E-state index contributed by atoms with van der Waals surface area (Å²) < 4.78 is 246. The quantitative estimate of drug-likeness (QED) is 0.0622. The van der Waals surface area contributed by atoms with E-state index in [4.69, 9.17) is 7.44 Å². The first-order valence-corrected chi connectivity index (χ1v) is 19.8. The predicted molar refractivity (Wildman–Crippen MR) is 185 cm³/mol. The molecule has 4 rings (SSSR count). The van der Waals surface area contributed by atoms with Gasteiger partial charge < -0.3 is 0 Å². The van der Waals surface area contributed by atoms with Gasteiger partial charge >= 0.3 is 328 Å². The number of rotatable bonds is 12. The van der Waals surface area contributed by atoms with Crippen LogP contribution >= 0.6 is 0 Å². The van der Waals surface area contributed by atoms with Crippen LogP contribution in [-0.2, 0) is 7.44 Å². The van der Waals surface area contributed by atoms with Crippen molar-refractivity contribution >= 4 is 43.7 Å². The van der Waals surface area contributed by atoms with E-state index in [1.165, 1.54) is 65.0 Å². The standard InChI is InChI=1S/C37H32BF15GeN2O2/c1-15(2)13-55-17-11-9-8-10-12-18(17)56(14-16(3)4)54(57-37(5,6)7)58-38(19-22(39)28(45)34(51)29(46)23(19)40,20-24(41)30(47)35(52)31(48)25(20)42)21-26(43)32(49)36(53)33(50)27(21)44/h8-12,15-16H,13-14H2,1-7H3/q-1. The molecule has 0 aliphatic heterocycles. The van der Waals surface area contributed by atoms with Crippen molar-refractivity contribution in [3.05, 3.63) is 123 Å². The van der Waals surface area contributed by atoms with E-state index in [0.717, 1.165) is 3.86 Å². The van der Waals surface area contributed by atoms with Crippen LogP contribution in [0.3, 0.4) is 0 Å². The molecule has 0 bridgehead atoms. The van der Waals surface area contributed by atoms with Crippen LogP contribution in [0.1, 0.15) is 48.5 Å². The Morgan fingerprint density at radius 3 is 1.21 bits per heavy atom. The van der Waals surface area contributed by atoms with E-state index in [-0.39, 0.29) is 23.5 Å². The number of nitrogens with zero attached hydrogens (tertiary/aromatic N) is 2. The fraction of sp³-hybridized carbons (Fsp3) is 0.324. The molecule has 0 aromatic heterocycles. The minimum atomic E-state index is -6.35. The Morgan fingerprint density at radius 2 is 0.879 bits per heavy atom. The van der Waals surface area contributed by atoms with E-state index in [1.54, 1.807) is 13.8 Å². The second-order valence-corrected chi connectivity index (χ2v) is 17.9. The molecule has 0 N–H and O–H groups in total. The van der Waals surface area contributed by atoms with Gasteiger partial charge in [0.15, 0.2) is 0 Å². The summed E-state index contributed by atoms with van der Waals surface area (Å²) in [5.41, 5.74) is -10.4. The van der Waals surface area contributed by atoms with Gasteiger partial charge in [-0.1, -0.05) is 0 Å². The Bertz CT molecular complexity index is 2050. The first-order chi connectivity index (χ1) is 26.8. The summed E-state index contributed by atoms with van der Waals surface area (Å²) in [6, 6.07) is 7.00. The predicted octanol–water partition coefficient (Wildman–Crippen LogP) is 8.28. The maximum absolute atomic E-state index is 16.3. The molecule has 0 saturated carbocycles. The van der Waals surface area contributed by atoms with Gasteiger partial charge in [0.1, 0.15) is 0 Å². The first-order valence-electron chi connectivity index (χ1n) is 17.1. The van der Waals surface area contributed by atoms with Gasteiger partial charge in [0.25, 0.3) is 0 Å². The molecular formula is C37H32BF15GeN2O2-. The normalized spacial score (nSPS) is 12.8. The van der Waals surface area contributed by atoms with Gasteiger partial charge in [-0.25, -0.2) is 0 Å². The van der Waals surface area contributed by atoms with Crippen LogP contribution in [0.15, 0.2) is 35.3 Å². The second-order valence-electron chi connectivity index (χ2n) is 14.8. The van der Waals surface area contributed by atoms with Crippen molar-refractivity contribution in [2.75, 3.05) is 16.9 Å². The molecule has 0 aliphatic carbocycles. The third kappa shape index (κ3) is 8.59. The van der Waals surface area contributed by atoms with Crippen molar-refractivity contribution in [3.8, 4) is 0 Å². The zero-order chi connectivity index (χ0) is 43.9. The zero-order valence-electron chi connectivity index (χ0n) is 31.4. The van der Waals surface area contributed by atoms with E-state index in [0.29, 0.717) is 0 Å². The van der Waals surface area contributed by atoms with E-state index in [2.05, 4.69) is 4.99 Å². The van der Waals surface area contributed by atoms with Crippen molar-refractivity contribution < 1.29 is 73.3 Å². The number of halogens is 15. The van der Waals surface area contributed by atoms with Crippen molar-refractivity contribution in [1.82, 2.24) is 0 Å². The fourth-order valence-electron chi connectivity index (χ4n) is 5.91. The molecule has 4 nitrogen and oxygen atoms in total. The average Bonchev–Trinajstić information content (AvgIpc) is 3.39. The topological polar surface area (TPSA) is 34.1 Å². The third-order valence-corrected chi connectivity index (χ3v) is 12.9. The molecule has 1 radical (unpaired) electrons.